The monoisotopic (exact) mass is 496 g/mol. The van der Waals surface area contributed by atoms with Crippen LogP contribution in [0.3, 0.4) is 0 Å². The third-order valence-corrected chi connectivity index (χ3v) is 6.67. The molecule has 4 aromatic rings. The first-order chi connectivity index (χ1) is 18.2. The molecule has 9 nitrogen and oxygen atoms in total. The molecule has 1 fully saturated rings. The SMILES string of the molecule is Cc1cc(Nc2ncnc3ccc(NC4=NC5(CCOCC5)CO4)cc23)ccc1OCc1ccccn1. The van der Waals surface area contributed by atoms with Crippen LogP contribution in [0, 0.1) is 6.92 Å². The maximum absolute atomic E-state index is 5.96. The van der Waals surface area contributed by atoms with Crippen molar-refractivity contribution in [2.45, 2.75) is 31.9 Å². The van der Waals surface area contributed by atoms with Gasteiger partial charge < -0.3 is 24.8 Å². The molecule has 2 aromatic heterocycles. The lowest BCUT2D eigenvalue weighted by Gasteiger charge is -2.27. The van der Waals surface area contributed by atoms with Gasteiger partial charge in [-0.05, 0) is 73.9 Å². The van der Waals surface area contributed by atoms with Crippen molar-refractivity contribution >= 4 is 34.1 Å². The van der Waals surface area contributed by atoms with Crippen LogP contribution in [0.1, 0.15) is 24.1 Å². The van der Waals surface area contributed by atoms with E-state index in [4.69, 9.17) is 19.2 Å². The quantitative estimate of drug-likeness (QED) is 0.384. The van der Waals surface area contributed by atoms with Crippen LogP contribution >= 0.6 is 0 Å². The van der Waals surface area contributed by atoms with Gasteiger partial charge in [0.05, 0.1) is 11.2 Å². The molecule has 37 heavy (non-hydrogen) atoms. The molecular weight excluding hydrogens is 468 g/mol. The predicted octanol–water partition coefficient (Wildman–Crippen LogP) is 5.00. The summed E-state index contributed by atoms with van der Waals surface area (Å²) >= 11 is 0. The van der Waals surface area contributed by atoms with Gasteiger partial charge in [-0.2, -0.15) is 0 Å². The largest absolute Gasteiger partial charge is 0.487 e. The second-order valence-electron chi connectivity index (χ2n) is 9.34. The average molecular weight is 497 g/mol. The van der Waals surface area contributed by atoms with Crippen LogP contribution in [0.4, 0.5) is 17.2 Å². The Balaban J connectivity index is 1.18. The fourth-order valence-electron chi connectivity index (χ4n) is 4.57. The molecule has 188 valence electrons. The van der Waals surface area contributed by atoms with Gasteiger partial charge >= 0.3 is 0 Å². The molecule has 2 aromatic carbocycles. The fourth-order valence-corrected chi connectivity index (χ4v) is 4.57. The smallest absolute Gasteiger partial charge is 0.289 e. The summed E-state index contributed by atoms with van der Waals surface area (Å²) in [6.45, 7) is 4.47. The number of rotatable bonds is 6. The highest BCUT2D eigenvalue weighted by Crippen LogP contribution is 2.32. The lowest BCUT2D eigenvalue weighted by Crippen LogP contribution is -2.35. The van der Waals surface area contributed by atoms with Crippen LogP contribution in [0.5, 0.6) is 5.75 Å². The van der Waals surface area contributed by atoms with Crippen molar-refractivity contribution in [1.29, 1.82) is 0 Å². The molecule has 2 aliphatic rings. The molecule has 6 rings (SSSR count). The highest BCUT2D eigenvalue weighted by molar-refractivity contribution is 5.97. The third-order valence-electron chi connectivity index (χ3n) is 6.67. The summed E-state index contributed by atoms with van der Waals surface area (Å²) < 4.78 is 17.3. The molecule has 0 bridgehead atoms. The number of ether oxygens (including phenoxy) is 3. The number of benzene rings is 2. The molecule has 0 saturated carbocycles. The Kier molecular flexibility index (Phi) is 6.28. The lowest BCUT2D eigenvalue weighted by atomic mass is 9.92. The van der Waals surface area contributed by atoms with E-state index in [2.05, 4.69) is 25.6 Å². The number of nitrogens with one attached hydrogen (secondary N) is 2. The zero-order valence-electron chi connectivity index (χ0n) is 20.6. The maximum Gasteiger partial charge on any atom is 0.289 e. The van der Waals surface area contributed by atoms with E-state index < -0.39 is 0 Å². The van der Waals surface area contributed by atoms with Crippen LogP contribution in [-0.2, 0) is 16.1 Å². The summed E-state index contributed by atoms with van der Waals surface area (Å²) in [5.41, 5.74) is 4.34. The minimum atomic E-state index is -0.168. The van der Waals surface area contributed by atoms with E-state index in [-0.39, 0.29) is 5.54 Å². The van der Waals surface area contributed by atoms with Gasteiger partial charge in [0.25, 0.3) is 6.02 Å². The first-order valence-corrected chi connectivity index (χ1v) is 12.4. The van der Waals surface area contributed by atoms with Gasteiger partial charge in [0.15, 0.2) is 0 Å². The van der Waals surface area contributed by atoms with Crippen molar-refractivity contribution < 1.29 is 14.2 Å². The molecule has 2 aliphatic heterocycles. The number of hydrogen-bond donors (Lipinski definition) is 2. The molecule has 9 heteroatoms. The van der Waals surface area contributed by atoms with Gasteiger partial charge in [-0.1, -0.05) is 6.07 Å². The fraction of sp³-hybridized carbons (Fsp3) is 0.286. The number of aliphatic imine (C=N–C) groups is 1. The lowest BCUT2D eigenvalue weighted by molar-refractivity contribution is 0.0442. The van der Waals surface area contributed by atoms with Crippen LogP contribution in [0.25, 0.3) is 10.9 Å². The van der Waals surface area contributed by atoms with Gasteiger partial charge in [-0.3, -0.25) is 4.98 Å². The second-order valence-corrected chi connectivity index (χ2v) is 9.34. The maximum atomic E-state index is 5.96. The normalized spacial score (nSPS) is 16.3. The van der Waals surface area contributed by atoms with Crippen LogP contribution in [-0.4, -0.2) is 46.3 Å². The van der Waals surface area contributed by atoms with Crippen molar-refractivity contribution in [2.75, 3.05) is 30.5 Å². The van der Waals surface area contributed by atoms with Crippen molar-refractivity contribution in [1.82, 2.24) is 15.0 Å². The number of pyridine rings is 1. The zero-order chi connectivity index (χ0) is 25.1. The number of fused-ring (bicyclic) bond motifs is 1. The topological polar surface area (TPSA) is 103 Å². The van der Waals surface area contributed by atoms with Crippen LogP contribution in [0.2, 0.25) is 0 Å². The summed E-state index contributed by atoms with van der Waals surface area (Å²) in [5, 5.41) is 7.64. The molecule has 0 aliphatic carbocycles. The second kappa shape index (κ2) is 10.0. The highest BCUT2D eigenvalue weighted by atomic mass is 16.5. The van der Waals surface area contributed by atoms with Crippen molar-refractivity contribution in [3.8, 4) is 5.75 Å². The van der Waals surface area contributed by atoms with E-state index >= 15 is 0 Å². The van der Waals surface area contributed by atoms with Crippen molar-refractivity contribution in [3.05, 3.63) is 78.4 Å². The van der Waals surface area contributed by atoms with Crippen molar-refractivity contribution in [2.24, 2.45) is 4.99 Å². The minimum absolute atomic E-state index is 0.168. The number of aromatic nitrogens is 3. The molecule has 0 amide bonds. The molecule has 0 atom stereocenters. The van der Waals surface area contributed by atoms with E-state index in [0.717, 1.165) is 65.3 Å². The van der Waals surface area contributed by atoms with Gasteiger partial charge in [0.1, 0.15) is 36.6 Å². The summed E-state index contributed by atoms with van der Waals surface area (Å²) in [4.78, 5) is 18.1. The Hall–Kier alpha value is -4.24. The van der Waals surface area contributed by atoms with E-state index in [1.807, 2.05) is 61.5 Å². The van der Waals surface area contributed by atoms with E-state index in [0.29, 0.717) is 25.1 Å². The molecular formula is C28H28N6O3. The average Bonchev–Trinajstić information content (AvgIpc) is 3.30. The number of amidine groups is 1. The Morgan fingerprint density at radius 1 is 0.946 bits per heavy atom. The van der Waals surface area contributed by atoms with Crippen molar-refractivity contribution in [3.63, 3.8) is 0 Å². The Morgan fingerprint density at radius 2 is 1.81 bits per heavy atom. The van der Waals surface area contributed by atoms with Crippen LogP contribution in [0.15, 0.2) is 72.1 Å². The molecule has 2 N–H and O–H groups in total. The van der Waals surface area contributed by atoms with Gasteiger partial charge in [-0.15, -0.1) is 0 Å². The third kappa shape index (κ3) is 5.17. The van der Waals surface area contributed by atoms with E-state index in [9.17, 15) is 0 Å². The molecule has 1 spiro atoms. The summed E-state index contributed by atoms with van der Waals surface area (Å²) in [7, 11) is 0. The Bertz CT molecular complexity index is 1440. The summed E-state index contributed by atoms with van der Waals surface area (Å²) in [6.07, 6.45) is 5.09. The first kappa shape index (κ1) is 23.2. The number of aryl methyl sites for hydroxylation is 1. The van der Waals surface area contributed by atoms with E-state index in [1.165, 1.54) is 0 Å². The van der Waals surface area contributed by atoms with E-state index in [1.54, 1.807) is 12.5 Å². The summed E-state index contributed by atoms with van der Waals surface area (Å²) in [5.74, 6) is 1.53. The number of hydrogen-bond acceptors (Lipinski definition) is 9. The summed E-state index contributed by atoms with van der Waals surface area (Å²) in [6, 6.07) is 18.3. The first-order valence-electron chi connectivity index (χ1n) is 12.4. The molecule has 4 heterocycles. The van der Waals surface area contributed by atoms with Gasteiger partial charge in [-0.25, -0.2) is 15.0 Å². The predicted molar refractivity (Wildman–Crippen MR) is 142 cm³/mol. The zero-order valence-corrected chi connectivity index (χ0v) is 20.6. The molecule has 0 radical (unpaired) electrons. The minimum Gasteiger partial charge on any atom is -0.487 e. The molecule has 1 saturated heterocycles. The highest BCUT2D eigenvalue weighted by Gasteiger charge is 2.38. The standard InChI is InChI=1S/C28H28N6O3/c1-19-14-20(6-8-25(19)36-16-22-4-2-3-11-29-22)32-26-23-15-21(5-7-24(23)30-18-31-26)33-27-34-28(17-37-27)9-12-35-13-10-28/h2-8,11,14-15,18H,9-10,12-13,16-17H2,1H3,(H,33,34)(H,30,31,32). The van der Waals surface area contributed by atoms with Gasteiger partial charge in [0, 0.05) is 36.2 Å². The molecule has 0 unspecified atom stereocenters. The van der Waals surface area contributed by atoms with Gasteiger partial charge in [0.2, 0.25) is 0 Å². The number of anilines is 3. The Morgan fingerprint density at radius 3 is 2.65 bits per heavy atom. The number of nitrogens with zero attached hydrogens (tertiary/aromatic N) is 4. The van der Waals surface area contributed by atoms with Crippen LogP contribution < -0.4 is 15.4 Å². The Labute approximate surface area is 214 Å².